The Morgan fingerprint density at radius 2 is 1.90 bits per heavy atom. The van der Waals surface area contributed by atoms with Gasteiger partial charge >= 0.3 is 12.1 Å². The number of anilines is 1. The molecule has 13 heteroatoms. The molecule has 0 spiro atoms. The van der Waals surface area contributed by atoms with Crippen LogP contribution in [0.25, 0.3) is 20.8 Å². The third-order valence-electron chi connectivity index (χ3n) is 6.21. The molecule has 200 valence electrons. The van der Waals surface area contributed by atoms with E-state index in [1.54, 1.807) is 18.5 Å². The van der Waals surface area contributed by atoms with Crippen molar-refractivity contribution in [3.8, 4) is 22.1 Å². The maximum Gasteiger partial charge on any atom is 0.407 e. The molecule has 11 nitrogen and oxygen atoms in total. The predicted octanol–water partition coefficient (Wildman–Crippen LogP) is 4.82. The number of urea groups is 1. The zero-order valence-electron chi connectivity index (χ0n) is 20.3. The van der Waals surface area contributed by atoms with Gasteiger partial charge in [-0.25, -0.2) is 14.0 Å². The van der Waals surface area contributed by atoms with Crippen LogP contribution in [0.4, 0.5) is 19.7 Å². The van der Waals surface area contributed by atoms with Crippen molar-refractivity contribution in [1.82, 2.24) is 20.2 Å². The van der Waals surface area contributed by atoms with E-state index >= 15 is 0 Å². The van der Waals surface area contributed by atoms with Gasteiger partial charge in [-0.05, 0) is 24.3 Å². The van der Waals surface area contributed by atoms with E-state index in [0.717, 1.165) is 26.9 Å². The quantitative estimate of drug-likeness (QED) is 0.311. The number of thiophene rings is 1. The fraction of sp³-hybridized carbons (Fsp3) is 0.231. The first-order valence-electron chi connectivity index (χ1n) is 12.0. The first-order valence-corrected chi connectivity index (χ1v) is 12.9. The van der Waals surface area contributed by atoms with Crippen LogP contribution in [-0.2, 0) is 9.47 Å². The summed E-state index contributed by atoms with van der Waals surface area (Å²) in [5, 5.41) is 14.1. The average Bonchev–Trinajstić information content (AvgIpc) is 3.58. The molecular weight excluding hydrogens is 529 g/mol. The summed E-state index contributed by atoms with van der Waals surface area (Å²) in [6.45, 7) is 1.53. The number of pyridine rings is 2. The summed E-state index contributed by atoms with van der Waals surface area (Å²) in [5.41, 5.74) is 2.52. The van der Waals surface area contributed by atoms with Gasteiger partial charge in [0.1, 0.15) is 5.75 Å². The number of ether oxygens (including phenoxy) is 3. The van der Waals surface area contributed by atoms with Crippen LogP contribution in [0.3, 0.4) is 0 Å². The second kappa shape index (κ2) is 10.4. The normalized spacial score (nSPS) is 15.8. The Hall–Kier alpha value is -4.33. The van der Waals surface area contributed by atoms with Crippen LogP contribution in [0.2, 0.25) is 0 Å². The highest BCUT2D eigenvalue weighted by Gasteiger charge is 2.31. The Morgan fingerprint density at radius 3 is 2.62 bits per heavy atom. The van der Waals surface area contributed by atoms with E-state index in [-0.39, 0.29) is 30.6 Å². The van der Waals surface area contributed by atoms with Crippen LogP contribution in [0.1, 0.15) is 11.9 Å². The van der Waals surface area contributed by atoms with Crippen molar-refractivity contribution in [2.24, 2.45) is 0 Å². The SMILES string of the molecule is O=C(Nc1ccc(Oc2ccnc3cc(-c4ccc(C5OCCO5)cn4)sc23)c(F)c1)NC1CN(C(=O)O)C1. The predicted molar refractivity (Wildman–Crippen MR) is 140 cm³/mol. The number of carbonyl (C=O) groups excluding carboxylic acids is 1. The number of benzene rings is 1. The van der Waals surface area contributed by atoms with Crippen molar-refractivity contribution in [3.63, 3.8) is 0 Å². The molecule has 0 radical (unpaired) electrons. The molecule has 1 aromatic carbocycles. The molecule has 0 aliphatic carbocycles. The Bertz CT molecular complexity index is 1540. The zero-order valence-corrected chi connectivity index (χ0v) is 21.1. The van der Waals surface area contributed by atoms with Gasteiger partial charge in [-0.3, -0.25) is 9.97 Å². The third kappa shape index (κ3) is 5.32. The van der Waals surface area contributed by atoms with E-state index in [1.807, 2.05) is 18.2 Å². The van der Waals surface area contributed by atoms with Crippen molar-refractivity contribution in [1.29, 1.82) is 0 Å². The minimum atomic E-state index is -1.03. The Labute approximate surface area is 225 Å². The highest BCUT2D eigenvalue weighted by molar-refractivity contribution is 7.22. The highest BCUT2D eigenvalue weighted by atomic mass is 32.1. The first kappa shape index (κ1) is 25.0. The van der Waals surface area contributed by atoms with Crippen LogP contribution in [-0.4, -0.2) is 64.4 Å². The minimum Gasteiger partial charge on any atom is -0.465 e. The molecule has 0 atom stereocenters. The van der Waals surface area contributed by atoms with Gasteiger partial charge < -0.3 is 34.9 Å². The number of rotatable bonds is 6. The number of fused-ring (bicyclic) bond motifs is 1. The van der Waals surface area contributed by atoms with Crippen LogP contribution < -0.4 is 15.4 Å². The van der Waals surface area contributed by atoms with Gasteiger partial charge in [-0.1, -0.05) is 6.07 Å². The first-order chi connectivity index (χ1) is 18.9. The molecule has 2 aliphatic heterocycles. The molecule has 5 heterocycles. The molecule has 2 fully saturated rings. The molecule has 3 N–H and O–H groups in total. The van der Waals surface area contributed by atoms with Gasteiger partial charge in [-0.15, -0.1) is 11.3 Å². The number of hydrogen-bond donors (Lipinski definition) is 3. The highest BCUT2D eigenvalue weighted by Crippen LogP contribution is 2.39. The van der Waals surface area contributed by atoms with Gasteiger partial charge in [0.25, 0.3) is 0 Å². The number of carboxylic acid groups (broad SMARTS) is 1. The number of aromatic nitrogens is 2. The summed E-state index contributed by atoms with van der Waals surface area (Å²) in [7, 11) is 0. The van der Waals surface area contributed by atoms with Gasteiger partial charge in [0, 0.05) is 48.9 Å². The van der Waals surface area contributed by atoms with Crippen molar-refractivity contribution in [2.75, 3.05) is 31.6 Å². The van der Waals surface area contributed by atoms with Gasteiger partial charge in [-0.2, -0.15) is 0 Å². The number of halogens is 1. The molecule has 0 unspecified atom stereocenters. The molecule has 39 heavy (non-hydrogen) atoms. The largest absolute Gasteiger partial charge is 0.465 e. The van der Waals surface area contributed by atoms with E-state index < -0.39 is 24.2 Å². The Balaban J connectivity index is 1.13. The van der Waals surface area contributed by atoms with Gasteiger partial charge in [0.2, 0.25) is 0 Å². The van der Waals surface area contributed by atoms with Crippen molar-refractivity contribution < 1.29 is 33.3 Å². The fourth-order valence-electron chi connectivity index (χ4n) is 4.22. The van der Waals surface area contributed by atoms with E-state index in [0.29, 0.717) is 24.5 Å². The van der Waals surface area contributed by atoms with E-state index in [4.69, 9.17) is 19.3 Å². The number of nitrogens with one attached hydrogen (secondary N) is 2. The summed E-state index contributed by atoms with van der Waals surface area (Å²) in [4.78, 5) is 34.0. The number of carbonyl (C=O) groups is 2. The second-order valence-corrected chi connectivity index (χ2v) is 9.97. The number of nitrogens with zero attached hydrogens (tertiary/aromatic N) is 3. The van der Waals surface area contributed by atoms with Gasteiger partial charge in [0.15, 0.2) is 17.9 Å². The van der Waals surface area contributed by atoms with Crippen LogP contribution in [0.15, 0.2) is 54.9 Å². The van der Waals surface area contributed by atoms with Crippen LogP contribution in [0, 0.1) is 5.82 Å². The van der Waals surface area contributed by atoms with Crippen molar-refractivity contribution in [3.05, 3.63) is 66.2 Å². The molecule has 3 aromatic heterocycles. The summed E-state index contributed by atoms with van der Waals surface area (Å²) in [6.07, 6.45) is 1.88. The topological polar surface area (TPSA) is 135 Å². The minimum absolute atomic E-state index is 0.0152. The summed E-state index contributed by atoms with van der Waals surface area (Å²) in [6, 6.07) is 10.6. The number of hydrogen-bond acceptors (Lipinski definition) is 8. The number of likely N-dealkylation sites (tertiary alicyclic amines) is 1. The van der Waals surface area contributed by atoms with Crippen molar-refractivity contribution >= 4 is 39.4 Å². The molecule has 6 rings (SSSR count). The molecule has 0 bridgehead atoms. The third-order valence-corrected chi connectivity index (χ3v) is 7.37. The number of amides is 3. The second-order valence-electron chi connectivity index (χ2n) is 8.91. The molecular formula is C26H22FN5O6S. The summed E-state index contributed by atoms with van der Waals surface area (Å²) < 4.78 is 32.5. The Kier molecular flexibility index (Phi) is 6.69. The van der Waals surface area contributed by atoms with E-state index in [9.17, 15) is 14.0 Å². The average molecular weight is 552 g/mol. The molecule has 0 saturated carbocycles. The molecule has 4 aromatic rings. The summed E-state index contributed by atoms with van der Waals surface area (Å²) in [5.74, 6) is -0.242. The maximum atomic E-state index is 14.9. The molecule has 3 amide bonds. The fourth-order valence-corrected chi connectivity index (χ4v) is 5.26. The molecule has 2 saturated heterocycles. The monoisotopic (exact) mass is 551 g/mol. The zero-order chi connectivity index (χ0) is 26.9. The summed E-state index contributed by atoms with van der Waals surface area (Å²) >= 11 is 1.43. The maximum absolute atomic E-state index is 14.9. The molecule has 2 aliphatic rings. The lowest BCUT2D eigenvalue weighted by Gasteiger charge is -2.37. The van der Waals surface area contributed by atoms with E-state index in [1.165, 1.54) is 28.4 Å². The lowest BCUT2D eigenvalue weighted by atomic mass is 10.1. The van der Waals surface area contributed by atoms with Crippen molar-refractivity contribution in [2.45, 2.75) is 12.3 Å². The van der Waals surface area contributed by atoms with Crippen LogP contribution >= 0.6 is 11.3 Å². The smallest absolute Gasteiger partial charge is 0.407 e. The Morgan fingerprint density at radius 1 is 1.08 bits per heavy atom. The standard InChI is InChI=1S/C26H22FN5O6S/c27-17-9-15(30-25(33)31-16-12-32(13-16)26(34)35)2-4-20(17)38-21-5-6-28-19-10-22(39-23(19)21)18-3-1-14(11-29-18)24-36-7-8-37-24/h1-6,9-11,16,24H,7-8,12-13H2,(H,34,35)(H2,30,31,33). The van der Waals surface area contributed by atoms with E-state index in [2.05, 4.69) is 20.6 Å². The lowest BCUT2D eigenvalue weighted by Crippen LogP contribution is -2.61. The van der Waals surface area contributed by atoms with Gasteiger partial charge in [0.05, 0.1) is 40.0 Å². The van der Waals surface area contributed by atoms with Crippen LogP contribution in [0.5, 0.6) is 11.5 Å². The lowest BCUT2D eigenvalue weighted by molar-refractivity contribution is -0.0443.